The number of benzene rings is 6. The van der Waals surface area contributed by atoms with Gasteiger partial charge in [-0.3, -0.25) is 5.41 Å². The number of rotatable bonds is 3. The van der Waals surface area contributed by atoms with Gasteiger partial charge in [-0.1, -0.05) is 134 Å². The molecule has 3 N–H and O–H groups in total. The molecule has 1 spiro atoms. The van der Waals surface area contributed by atoms with Crippen LogP contribution in [0, 0.1) is 11.3 Å². The van der Waals surface area contributed by atoms with Crippen molar-refractivity contribution in [1.29, 1.82) is 5.41 Å². The van der Waals surface area contributed by atoms with E-state index in [-0.39, 0.29) is 11.3 Å². The highest BCUT2D eigenvalue weighted by atomic mass is 14.9. The van der Waals surface area contributed by atoms with Gasteiger partial charge in [0.1, 0.15) is 5.84 Å². The Hall–Kier alpha value is -5.80. The molecule has 9 rings (SSSR count). The molecule has 3 aliphatic rings. The van der Waals surface area contributed by atoms with Crippen LogP contribution in [0.2, 0.25) is 0 Å². The van der Waals surface area contributed by atoms with Crippen molar-refractivity contribution in [3.05, 3.63) is 185 Å². The third kappa shape index (κ3) is 3.93. The van der Waals surface area contributed by atoms with E-state index >= 15 is 0 Å². The van der Waals surface area contributed by atoms with Crippen LogP contribution in [0.15, 0.2) is 156 Å². The van der Waals surface area contributed by atoms with E-state index in [2.05, 4.69) is 121 Å². The standard InChI is InChI=1S/C44H33N3/c1-27-12-11-19-35-34-23-22-31(26-40(34)44(41(27)35)38-20-9-7-17-32(38)33-18-8-10-21-39(33)44)36-24-29-15-5-6-16-30(29)25-37(36)43(46)47-42(45)28-13-3-2-4-14-28/h2-11,13-27H,12H2,1H3,(H3,45,46,47). The molecule has 0 saturated carbocycles. The molecule has 3 nitrogen and oxygen atoms in total. The molecule has 0 radical (unpaired) electrons. The van der Waals surface area contributed by atoms with E-state index in [0.29, 0.717) is 11.8 Å². The molecule has 0 fully saturated rings. The van der Waals surface area contributed by atoms with E-state index in [9.17, 15) is 0 Å². The van der Waals surface area contributed by atoms with Crippen LogP contribution in [-0.4, -0.2) is 11.7 Å². The Morgan fingerprint density at radius 2 is 1.32 bits per heavy atom. The summed E-state index contributed by atoms with van der Waals surface area (Å²) in [4.78, 5) is 4.64. The summed E-state index contributed by atoms with van der Waals surface area (Å²) in [6, 6.07) is 47.2. The number of hydrogen-bond acceptors (Lipinski definition) is 1. The fourth-order valence-corrected chi connectivity index (χ4v) is 8.42. The summed E-state index contributed by atoms with van der Waals surface area (Å²) >= 11 is 0. The summed E-state index contributed by atoms with van der Waals surface area (Å²) < 4.78 is 0. The topological polar surface area (TPSA) is 62.2 Å². The number of nitrogens with zero attached hydrogens (tertiary/aromatic N) is 1. The number of allylic oxidation sites excluding steroid dienone is 4. The molecule has 1 atom stereocenters. The van der Waals surface area contributed by atoms with Crippen molar-refractivity contribution in [2.75, 3.05) is 0 Å². The van der Waals surface area contributed by atoms with Crippen LogP contribution in [0.3, 0.4) is 0 Å². The van der Waals surface area contributed by atoms with E-state index in [0.717, 1.165) is 39.4 Å². The van der Waals surface area contributed by atoms with Gasteiger partial charge in [0, 0.05) is 11.1 Å². The average molecular weight is 604 g/mol. The first-order valence-electron chi connectivity index (χ1n) is 16.3. The van der Waals surface area contributed by atoms with Crippen LogP contribution in [0.5, 0.6) is 0 Å². The van der Waals surface area contributed by atoms with Gasteiger partial charge in [-0.05, 0) is 97.0 Å². The SMILES string of the molecule is CC1CC=CC2=C1C1(c3cc(-c4cc5ccccc5cc4C(N)=NC(=N)c4ccccc4)ccc32)c2ccccc2-c2ccccc21. The molecule has 47 heavy (non-hydrogen) atoms. The van der Waals surface area contributed by atoms with E-state index in [1.807, 2.05) is 36.4 Å². The average Bonchev–Trinajstić information content (AvgIpc) is 3.59. The Balaban J connectivity index is 1.30. The second-order valence-electron chi connectivity index (χ2n) is 12.9. The van der Waals surface area contributed by atoms with Gasteiger partial charge in [-0.15, -0.1) is 0 Å². The fraction of sp³-hybridized carbons (Fsp3) is 0.0909. The maximum Gasteiger partial charge on any atom is 0.154 e. The van der Waals surface area contributed by atoms with E-state index in [1.165, 1.54) is 44.5 Å². The molecule has 224 valence electrons. The number of fused-ring (bicyclic) bond motifs is 10. The van der Waals surface area contributed by atoms with Gasteiger partial charge in [0.2, 0.25) is 0 Å². The van der Waals surface area contributed by atoms with E-state index < -0.39 is 0 Å². The summed E-state index contributed by atoms with van der Waals surface area (Å²) in [5, 5.41) is 11.0. The van der Waals surface area contributed by atoms with E-state index in [1.54, 1.807) is 0 Å². The fourth-order valence-electron chi connectivity index (χ4n) is 8.42. The normalized spacial score (nSPS) is 17.0. The first-order valence-corrected chi connectivity index (χ1v) is 16.3. The van der Waals surface area contributed by atoms with Gasteiger partial charge in [0.25, 0.3) is 0 Å². The summed E-state index contributed by atoms with van der Waals surface area (Å²) in [5.74, 6) is 0.875. The monoisotopic (exact) mass is 603 g/mol. The van der Waals surface area contributed by atoms with Crippen LogP contribution in [-0.2, 0) is 5.41 Å². The molecule has 3 heteroatoms. The molecule has 0 heterocycles. The Morgan fingerprint density at radius 1 is 0.681 bits per heavy atom. The number of nitrogens with one attached hydrogen (secondary N) is 1. The maximum absolute atomic E-state index is 8.73. The minimum Gasteiger partial charge on any atom is -0.383 e. The van der Waals surface area contributed by atoms with Gasteiger partial charge in [-0.2, -0.15) is 0 Å². The Labute approximate surface area is 275 Å². The quantitative estimate of drug-likeness (QED) is 0.153. The summed E-state index contributed by atoms with van der Waals surface area (Å²) in [5.41, 5.74) is 20.9. The predicted octanol–water partition coefficient (Wildman–Crippen LogP) is 9.92. The van der Waals surface area contributed by atoms with Crippen LogP contribution >= 0.6 is 0 Å². The lowest BCUT2D eigenvalue weighted by molar-refractivity contribution is 0.591. The van der Waals surface area contributed by atoms with Crippen molar-refractivity contribution in [3.8, 4) is 22.3 Å². The first-order chi connectivity index (χ1) is 23.1. The van der Waals surface area contributed by atoms with Gasteiger partial charge < -0.3 is 5.73 Å². The Bertz CT molecular complexity index is 2330. The second-order valence-corrected chi connectivity index (χ2v) is 12.9. The number of aliphatic imine (C=N–C) groups is 1. The molecule has 0 bridgehead atoms. The van der Waals surface area contributed by atoms with Gasteiger partial charge in [0.15, 0.2) is 5.84 Å². The minimum absolute atomic E-state index is 0.145. The molecule has 0 amide bonds. The number of hydrogen-bond donors (Lipinski definition) is 2. The Kier molecular flexibility index (Phi) is 6.07. The summed E-state index contributed by atoms with van der Waals surface area (Å²) in [6.07, 6.45) is 5.72. The summed E-state index contributed by atoms with van der Waals surface area (Å²) in [7, 11) is 0. The largest absolute Gasteiger partial charge is 0.383 e. The summed E-state index contributed by atoms with van der Waals surface area (Å²) in [6.45, 7) is 2.39. The zero-order valence-electron chi connectivity index (χ0n) is 26.2. The molecule has 0 aromatic heterocycles. The first kappa shape index (κ1) is 27.5. The van der Waals surface area contributed by atoms with Crippen molar-refractivity contribution in [2.24, 2.45) is 16.6 Å². The lowest BCUT2D eigenvalue weighted by atomic mass is 9.65. The molecule has 0 aliphatic heterocycles. The van der Waals surface area contributed by atoms with Gasteiger partial charge >= 0.3 is 0 Å². The third-order valence-corrected chi connectivity index (χ3v) is 10.4. The van der Waals surface area contributed by atoms with Crippen LogP contribution in [0.4, 0.5) is 0 Å². The van der Waals surface area contributed by atoms with Crippen molar-refractivity contribution < 1.29 is 0 Å². The maximum atomic E-state index is 8.73. The second kappa shape index (κ2) is 10.4. The molecule has 1 unspecified atom stereocenters. The molecular formula is C44H33N3. The molecule has 0 saturated heterocycles. The molecular weight excluding hydrogens is 571 g/mol. The lowest BCUT2D eigenvalue weighted by Crippen LogP contribution is -2.30. The van der Waals surface area contributed by atoms with Crippen LogP contribution < -0.4 is 5.73 Å². The zero-order chi connectivity index (χ0) is 31.7. The van der Waals surface area contributed by atoms with Crippen molar-refractivity contribution in [3.63, 3.8) is 0 Å². The highest BCUT2D eigenvalue weighted by Crippen LogP contribution is 2.64. The molecule has 3 aliphatic carbocycles. The van der Waals surface area contributed by atoms with Crippen molar-refractivity contribution >= 4 is 28.0 Å². The molecule has 6 aromatic carbocycles. The smallest absolute Gasteiger partial charge is 0.154 e. The number of amidine groups is 2. The third-order valence-electron chi connectivity index (χ3n) is 10.4. The molecule has 6 aromatic rings. The van der Waals surface area contributed by atoms with Crippen LogP contribution in [0.1, 0.15) is 46.7 Å². The lowest BCUT2D eigenvalue weighted by Gasteiger charge is -2.36. The number of nitrogens with two attached hydrogens (primary N) is 1. The minimum atomic E-state index is -0.371. The highest BCUT2D eigenvalue weighted by Gasteiger charge is 2.54. The predicted molar refractivity (Wildman–Crippen MR) is 195 cm³/mol. The zero-order valence-corrected chi connectivity index (χ0v) is 26.2. The Morgan fingerprint density at radius 3 is 2.04 bits per heavy atom. The highest BCUT2D eigenvalue weighted by molar-refractivity contribution is 6.14. The van der Waals surface area contributed by atoms with E-state index in [4.69, 9.17) is 11.1 Å². The van der Waals surface area contributed by atoms with Gasteiger partial charge in [0.05, 0.1) is 5.41 Å². The van der Waals surface area contributed by atoms with Crippen molar-refractivity contribution in [1.82, 2.24) is 0 Å². The van der Waals surface area contributed by atoms with Crippen molar-refractivity contribution in [2.45, 2.75) is 18.8 Å². The van der Waals surface area contributed by atoms with Crippen LogP contribution in [0.25, 0.3) is 38.6 Å². The van der Waals surface area contributed by atoms with Gasteiger partial charge in [-0.25, -0.2) is 4.99 Å².